The van der Waals surface area contributed by atoms with Gasteiger partial charge in [0.05, 0.1) is 0 Å². The minimum Gasteiger partial charge on any atom is -0.450 e. The molecule has 148 valence electrons. The van der Waals surface area contributed by atoms with E-state index >= 15 is 0 Å². The van der Waals surface area contributed by atoms with E-state index in [9.17, 15) is 0 Å². The lowest BCUT2D eigenvalue weighted by molar-refractivity contribution is -0.389. The molecule has 0 aliphatic carbocycles. The Morgan fingerprint density at radius 2 is 0.875 bits per heavy atom. The van der Waals surface area contributed by atoms with E-state index in [2.05, 4.69) is 9.78 Å². The summed E-state index contributed by atoms with van der Waals surface area (Å²) >= 11 is 0. The average Bonchev–Trinajstić information content (AvgIpc) is 2.38. The summed E-state index contributed by atoms with van der Waals surface area (Å²) in [6.45, 7) is 11.3. The Bertz CT molecular complexity index is 264. The molecule has 0 saturated heterocycles. The lowest BCUT2D eigenvalue weighted by Gasteiger charge is -2.19. The van der Waals surface area contributed by atoms with E-state index in [0.29, 0.717) is 13.2 Å². The zero-order valence-corrected chi connectivity index (χ0v) is 14.5. The molecule has 0 aromatic heterocycles. The van der Waals surface area contributed by atoms with Gasteiger partial charge in [0.15, 0.2) is 11.6 Å². The van der Waals surface area contributed by atoms with Crippen molar-refractivity contribution in [2.45, 2.75) is 53.1 Å². The Morgan fingerprint density at radius 3 is 0.917 bits per heavy atom. The fourth-order valence-corrected chi connectivity index (χ4v) is 0.748. The SMILES string of the molecule is CCOC(C)(C)OO.CCOC(C)(C)OO.O=C(O)O.O=C(O)O. The monoisotopic (exact) mass is 364 g/mol. The van der Waals surface area contributed by atoms with Gasteiger partial charge in [0.2, 0.25) is 0 Å². The third kappa shape index (κ3) is 50.0. The van der Waals surface area contributed by atoms with Gasteiger partial charge in [-0.3, -0.25) is 0 Å². The molecule has 0 atom stereocenters. The van der Waals surface area contributed by atoms with E-state index in [4.69, 9.17) is 50.0 Å². The molecule has 0 unspecified atom stereocenters. The van der Waals surface area contributed by atoms with Gasteiger partial charge in [0, 0.05) is 13.2 Å². The minimum absolute atomic E-state index is 0.535. The van der Waals surface area contributed by atoms with Gasteiger partial charge in [0.1, 0.15) is 0 Å². The van der Waals surface area contributed by atoms with Crippen molar-refractivity contribution < 1.29 is 59.8 Å². The van der Waals surface area contributed by atoms with Gasteiger partial charge < -0.3 is 29.9 Å². The van der Waals surface area contributed by atoms with Gasteiger partial charge in [-0.2, -0.15) is 0 Å². The van der Waals surface area contributed by atoms with E-state index < -0.39 is 23.9 Å². The third-order valence-corrected chi connectivity index (χ3v) is 1.42. The number of ether oxygens (including phenoxy) is 2. The molecule has 0 aromatic rings. The topological polar surface area (TPSA) is 192 Å². The summed E-state index contributed by atoms with van der Waals surface area (Å²) in [4.78, 5) is 25.0. The van der Waals surface area contributed by atoms with E-state index in [1.165, 1.54) is 0 Å². The molecule has 0 bridgehead atoms. The molecular formula is C12H28O12. The van der Waals surface area contributed by atoms with E-state index in [1.807, 2.05) is 13.8 Å². The molecular weight excluding hydrogens is 336 g/mol. The maximum atomic E-state index is 8.56. The van der Waals surface area contributed by atoms with Gasteiger partial charge in [0.25, 0.3) is 0 Å². The smallest absolute Gasteiger partial charge is 0.450 e. The molecule has 6 N–H and O–H groups in total. The Hall–Kier alpha value is -1.70. The lowest BCUT2D eigenvalue weighted by atomic mass is 10.4. The summed E-state index contributed by atoms with van der Waals surface area (Å²) in [5, 5.41) is 44.1. The number of hydrogen-bond acceptors (Lipinski definition) is 8. The first-order chi connectivity index (χ1) is 10.7. The molecule has 0 rings (SSSR count). The highest BCUT2D eigenvalue weighted by Gasteiger charge is 2.17. The second-order valence-electron chi connectivity index (χ2n) is 4.41. The zero-order valence-electron chi connectivity index (χ0n) is 14.5. The van der Waals surface area contributed by atoms with Crippen LogP contribution in [0.5, 0.6) is 0 Å². The van der Waals surface area contributed by atoms with Crippen molar-refractivity contribution in [1.29, 1.82) is 0 Å². The zero-order chi connectivity index (χ0) is 20.4. The Kier molecular flexibility index (Phi) is 22.2. The van der Waals surface area contributed by atoms with E-state index in [-0.39, 0.29) is 0 Å². The number of rotatable bonds is 6. The Balaban J connectivity index is -0.000000117. The molecule has 0 aliphatic rings. The van der Waals surface area contributed by atoms with Crippen molar-refractivity contribution in [1.82, 2.24) is 0 Å². The highest BCUT2D eigenvalue weighted by atomic mass is 17.1. The molecule has 0 fully saturated rings. The molecule has 0 aliphatic heterocycles. The molecule has 12 heteroatoms. The summed E-state index contributed by atoms with van der Waals surface area (Å²) in [6.07, 6.45) is -3.67. The highest BCUT2D eigenvalue weighted by Crippen LogP contribution is 2.07. The van der Waals surface area contributed by atoms with Crippen LogP contribution in [-0.4, -0.2) is 68.0 Å². The van der Waals surface area contributed by atoms with Crippen molar-refractivity contribution >= 4 is 12.3 Å². The molecule has 24 heavy (non-hydrogen) atoms. The normalized spacial score (nSPS) is 10.0. The van der Waals surface area contributed by atoms with Gasteiger partial charge in [-0.05, 0) is 41.5 Å². The molecule has 0 radical (unpaired) electrons. The van der Waals surface area contributed by atoms with Gasteiger partial charge in [-0.25, -0.2) is 29.9 Å². The summed E-state index contributed by atoms with van der Waals surface area (Å²) in [6, 6.07) is 0. The predicted molar refractivity (Wildman–Crippen MR) is 80.1 cm³/mol. The fourth-order valence-electron chi connectivity index (χ4n) is 0.748. The first-order valence-corrected chi connectivity index (χ1v) is 6.48. The van der Waals surface area contributed by atoms with Crippen molar-refractivity contribution in [2.75, 3.05) is 13.2 Å². The first kappa shape index (κ1) is 30.2. The van der Waals surface area contributed by atoms with Crippen molar-refractivity contribution in [3.8, 4) is 0 Å². The summed E-state index contributed by atoms with van der Waals surface area (Å²) in [7, 11) is 0. The van der Waals surface area contributed by atoms with Crippen LogP contribution in [0.3, 0.4) is 0 Å². The number of hydrogen-bond donors (Lipinski definition) is 6. The van der Waals surface area contributed by atoms with Crippen LogP contribution in [-0.2, 0) is 19.2 Å². The van der Waals surface area contributed by atoms with Crippen LogP contribution in [0, 0.1) is 0 Å². The van der Waals surface area contributed by atoms with Gasteiger partial charge >= 0.3 is 12.3 Å². The fraction of sp³-hybridized carbons (Fsp3) is 0.833. The maximum absolute atomic E-state index is 8.56. The standard InChI is InChI=1S/2C5H12O3.2CH2O3/c2*1-4-7-5(2,3)8-6;2*2-1(3)4/h2*6H,4H2,1-3H3;2*(H2,2,3,4). The molecule has 0 aromatic carbocycles. The molecule has 0 saturated carbocycles. The Morgan fingerprint density at radius 1 is 0.708 bits per heavy atom. The van der Waals surface area contributed by atoms with Crippen molar-refractivity contribution in [3.05, 3.63) is 0 Å². The van der Waals surface area contributed by atoms with Crippen molar-refractivity contribution in [3.63, 3.8) is 0 Å². The van der Waals surface area contributed by atoms with E-state index in [0.717, 1.165) is 0 Å². The first-order valence-electron chi connectivity index (χ1n) is 6.48. The van der Waals surface area contributed by atoms with Gasteiger partial charge in [-0.15, -0.1) is 0 Å². The van der Waals surface area contributed by atoms with Crippen LogP contribution in [0.15, 0.2) is 0 Å². The van der Waals surface area contributed by atoms with E-state index in [1.54, 1.807) is 27.7 Å². The number of carboxylic acid groups (broad SMARTS) is 4. The molecule has 0 amide bonds. The minimum atomic E-state index is -1.83. The van der Waals surface area contributed by atoms with Crippen LogP contribution in [0.25, 0.3) is 0 Å². The largest absolute Gasteiger partial charge is 0.503 e. The maximum Gasteiger partial charge on any atom is 0.503 e. The van der Waals surface area contributed by atoms with Crippen LogP contribution >= 0.6 is 0 Å². The summed E-state index contributed by atoms with van der Waals surface area (Å²) in [5.74, 6) is -1.70. The molecule has 0 spiro atoms. The van der Waals surface area contributed by atoms with Crippen molar-refractivity contribution in [2.24, 2.45) is 0 Å². The van der Waals surface area contributed by atoms with Crippen LogP contribution < -0.4 is 0 Å². The molecule has 0 heterocycles. The second-order valence-corrected chi connectivity index (χ2v) is 4.41. The number of carbonyl (C=O) groups is 2. The summed E-state index contributed by atoms with van der Waals surface area (Å²) in [5.41, 5.74) is 0. The van der Waals surface area contributed by atoms with Crippen LogP contribution in [0.4, 0.5) is 9.59 Å². The second kappa shape index (κ2) is 17.7. The highest BCUT2D eigenvalue weighted by molar-refractivity contribution is 5.53. The van der Waals surface area contributed by atoms with Crippen LogP contribution in [0.1, 0.15) is 41.5 Å². The van der Waals surface area contributed by atoms with Crippen LogP contribution in [0.2, 0.25) is 0 Å². The lowest BCUT2D eigenvalue weighted by Crippen LogP contribution is -2.26. The average molecular weight is 364 g/mol. The van der Waals surface area contributed by atoms with Gasteiger partial charge in [-0.1, -0.05) is 0 Å². The third-order valence-electron chi connectivity index (χ3n) is 1.42. The summed E-state index contributed by atoms with van der Waals surface area (Å²) < 4.78 is 9.81. The predicted octanol–water partition coefficient (Wildman–Crippen LogP) is 2.94. The molecule has 12 nitrogen and oxygen atoms in total. The Labute approximate surface area is 139 Å². The quantitative estimate of drug-likeness (QED) is 0.229.